The van der Waals surface area contributed by atoms with E-state index in [1.807, 2.05) is 13.8 Å². The van der Waals surface area contributed by atoms with Crippen LogP contribution in [0.1, 0.15) is 22.8 Å². The van der Waals surface area contributed by atoms with E-state index in [2.05, 4.69) is 10.6 Å². The van der Waals surface area contributed by atoms with Crippen LogP contribution in [0.15, 0.2) is 18.2 Å². The zero-order valence-electron chi connectivity index (χ0n) is 10.7. The molecule has 0 aliphatic rings. The Bertz CT molecular complexity index is 407. The van der Waals surface area contributed by atoms with Gasteiger partial charge in [-0.2, -0.15) is 0 Å². The molecule has 5 nitrogen and oxygen atoms in total. The number of carbonyl (C=O) groups excluding carboxylic acids is 1. The van der Waals surface area contributed by atoms with Gasteiger partial charge in [0.2, 0.25) is 0 Å². The van der Waals surface area contributed by atoms with Gasteiger partial charge in [0.05, 0.1) is 12.7 Å². The number of anilines is 1. The molecule has 0 saturated heterocycles. The van der Waals surface area contributed by atoms with Crippen molar-refractivity contribution in [3.05, 3.63) is 29.3 Å². The summed E-state index contributed by atoms with van der Waals surface area (Å²) in [7, 11) is 0. The van der Waals surface area contributed by atoms with Gasteiger partial charge in [0.1, 0.15) is 0 Å². The van der Waals surface area contributed by atoms with Crippen LogP contribution in [0.25, 0.3) is 0 Å². The summed E-state index contributed by atoms with van der Waals surface area (Å²) in [4.78, 5) is 11.6. The van der Waals surface area contributed by atoms with E-state index in [0.29, 0.717) is 12.1 Å². The number of aryl methyl sites for hydroxylation is 1. The number of rotatable bonds is 6. The van der Waals surface area contributed by atoms with E-state index in [1.165, 1.54) is 0 Å². The van der Waals surface area contributed by atoms with Crippen molar-refractivity contribution < 1.29 is 15.0 Å². The van der Waals surface area contributed by atoms with E-state index in [1.54, 1.807) is 18.2 Å². The molecule has 100 valence electrons. The minimum Gasteiger partial charge on any atom is -0.394 e. The maximum absolute atomic E-state index is 11.6. The number of carbonyl (C=O) groups is 1. The smallest absolute Gasteiger partial charge is 0.251 e. The van der Waals surface area contributed by atoms with E-state index in [9.17, 15) is 9.90 Å². The molecule has 0 radical (unpaired) electrons. The average Bonchev–Trinajstić information content (AvgIpc) is 2.37. The largest absolute Gasteiger partial charge is 0.394 e. The lowest BCUT2D eigenvalue weighted by atomic mass is 10.1. The van der Waals surface area contributed by atoms with Crippen LogP contribution in [0.4, 0.5) is 5.69 Å². The second-order valence-corrected chi connectivity index (χ2v) is 4.11. The van der Waals surface area contributed by atoms with E-state index in [0.717, 1.165) is 11.3 Å². The molecule has 1 rings (SSSR count). The third kappa shape index (κ3) is 4.01. The zero-order chi connectivity index (χ0) is 13.5. The van der Waals surface area contributed by atoms with E-state index in [-0.39, 0.29) is 19.1 Å². The Balaban J connectivity index is 2.70. The first-order valence-corrected chi connectivity index (χ1v) is 6.00. The average molecular weight is 252 g/mol. The van der Waals surface area contributed by atoms with Crippen LogP contribution in [0.3, 0.4) is 0 Å². The molecule has 4 N–H and O–H groups in total. The molecule has 0 saturated carbocycles. The summed E-state index contributed by atoms with van der Waals surface area (Å²) in [6, 6.07) is 5.31. The molecule has 18 heavy (non-hydrogen) atoms. The van der Waals surface area contributed by atoms with Crippen molar-refractivity contribution in [3.8, 4) is 0 Å². The van der Waals surface area contributed by atoms with Gasteiger partial charge in [-0.25, -0.2) is 0 Å². The molecule has 0 bridgehead atoms. The summed E-state index contributed by atoms with van der Waals surface area (Å²) in [5.74, 6) is -0.0949. The Morgan fingerprint density at radius 2 is 2.17 bits per heavy atom. The molecule has 1 atom stereocenters. The molecule has 1 aromatic carbocycles. The lowest BCUT2D eigenvalue weighted by Crippen LogP contribution is -2.24. The summed E-state index contributed by atoms with van der Waals surface area (Å²) in [6.07, 6.45) is -0.785. The van der Waals surface area contributed by atoms with Crippen LogP contribution < -0.4 is 10.6 Å². The highest BCUT2D eigenvalue weighted by Crippen LogP contribution is 2.16. The van der Waals surface area contributed by atoms with Gasteiger partial charge < -0.3 is 20.8 Å². The number of amides is 1. The molecule has 0 aromatic heterocycles. The van der Waals surface area contributed by atoms with Crippen LogP contribution in [0, 0.1) is 6.92 Å². The fraction of sp³-hybridized carbons (Fsp3) is 0.462. The van der Waals surface area contributed by atoms with Gasteiger partial charge in [-0.1, -0.05) is 0 Å². The maximum Gasteiger partial charge on any atom is 0.251 e. The fourth-order valence-electron chi connectivity index (χ4n) is 1.56. The Kier molecular flexibility index (Phi) is 5.61. The molecule has 1 unspecified atom stereocenters. The number of nitrogens with one attached hydrogen (secondary N) is 2. The van der Waals surface area contributed by atoms with Crippen molar-refractivity contribution >= 4 is 11.6 Å². The summed E-state index contributed by atoms with van der Waals surface area (Å²) < 4.78 is 0. The van der Waals surface area contributed by atoms with Crippen molar-refractivity contribution in [1.82, 2.24) is 5.32 Å². The van der Waals surface area contributed by atoms with Crippen molar-refractivity contribution in [3.63, 3.8) is 0 Å². The standard InChI is InChI=1S/C13H20N2O3/c1-3-14-13(18)10-4-5-12(9(2)6-10)15-7-11(17)8-16/h4-6,11,15-17H,3,7-8H2,1-2H3,(H,14,18). The van der Waals surface area contributed by atoms with Crippen LogP contribution in [-0.2, 0) is 0 Å². The van der Waals surface area contributed by atoms with Crippen LogP contribution in [0.2, 0.25) is 0 Å². The van der Waals surface area contributed by atoms with Gasteiger partial charge in [0.15, 0.2) is 0 Å². The van der Waals surface area contributed by atoms with Crippen LogP contribution in [0.5, 0.6) is 0 Å². The van der Waals surface area contributed by atoms with Gasteiger partial charge in [-0.15, -0.1) is 0 Å². The molecule has 0 aliphatic carbocycles. The summed E-state index contributed by atoms with van der Waals surface area (Å²) in [6.45, 7) is 4.36. The lowest BCUT2D eigenvalue weighted by molar-refractivity contribution is 0.0955. The van der Waals surface area contributed by atoms with Gasteiger partial charge in [0.25, 0.3) is 5.91 Å². The number of hydrogen-bond donors (Lipinski definition) is 4. The van der Waals surface area contributed by atoms with E-state index in [4.69, 9.17) is 5.11 Å². The van der Waals surface area contributed by atoms with Gasteiger partial charge in [0, 0.05) is 24.3 Å². The van der Waals surface area contributed by atoms with Gasteiger partial charge in [-0.05, 0) is 37.6 Å². The molecule has 1 amide bonds. The predicted molar refractivity (Wildman–Crippen MR) is 70.8 cm³/mol. The third-order valence-corrected chi connectivity index (χ3v) is 2.56. The first-order valence-electron chi connectivity index (χ1n) is 6.00. The molecule has 0 spiro atoms. The van der Waals surface area contributed by atoms with E-state index < -0.39 is 6.10 Å². The Hall–Kier alpha value is -1.59. The molecule has 1 aromatic rings. The predicted octanol–water partition coefficient (Wildman–Crippen LogP) is 0.510. The van der Waals surface area contributed by atoms with Crippen molar-refractivity contribution in [2.24, 2.45) is 0 Å². The lowest BCUT2D eigenvalue weighted by Gasteiger charge is -2.13. The first kappa shape index (κ1) is 14.5. The van der Waals surface area contributed by atoms with Crippen molar-refractivity contribution in [1.29, 1.82) is 0 Å². The second kappa shape index (κ2) is 6.98. The highest BCUT2D eigenvalue weighted by Gasteiger charge is 2.07. The fourth-order valence-corrected chi connectivity index (χ4v) is 1.56. The molecular weight excluding hydrogens is 232 g/mol. The maximum atomic E-state index is 11.6. The van der Waals surface area contributed by atoms with Crippen molar-refractivity contribution in [2.45, 2.75) is 20.0 Å². The minimum absolute atomic E-state index is 0.0949. The highest BCUT2D eigenvalue weighted by atomic mass is 16.3. The molecule has 0 aliphatic heterocycles. The van der Waals surface area contributed by atoms with Crippen molar-refractivity contribution in [2.75, 3.05) is 25.0 Å². The molecular formula is C13H20N2O3. The quantitative estimate of drug-likeness (QED) is 0.594. The third-order valence-electron chi connectivity index (χ3n) is 2.56. The topological polar surface area (TPSA) is 81.6 Å². The Labute approximate surface area is 107 Å². The molecule has 0 heterocycles. The Morgan fingerprint density at radius 1 is 1.44 bits per heavy atom. The summed E-state index contributed by atoms with van der Waals surface area (Å²) in [5, 5.41) is 23.7. The van der Waals surface area contributed by atoms with E-state index >= 15 is 0 Å². The van der Waals surface area contributed by atoms with Crippen LogP contribution >= 0.6 is 0 Å². The first-order chi connectivity index (χ1) is 8.58. The van der Waals surface area contributed by atoms with Gasteiger partial charge in [-0.3, -0.25) is 4.79 Å². The summed E-state index contributed by atoms with van der Waals surface area (Å²) in [5.41, 5.74) is 2.38. The number of benzene rings is 1. The van der Waals surface area contributed by atoms with Gasteiger partial charge >= 0.3 is 0 Å². The van der Waals surface area contributed by atoms with Crippen LogP contribution in [-0.4, -0.2) is 41.9 Å². The molecule has 5 heteroatoms. The highest BCUT2D eigenvalue weighted by molar-refractivity contribution is 5.94. The monoisotopic (exact) mass is 252 g/mol. The minimum atomic E-state index is -0.785. The molecule has 0 fully saturated rings. The summed E-state index contributed by atoms with van der Waals surface area (Å²) >= 11 is 0. The SMILES string of the molecule is CCNC(=O)c1ccc(NCC(O)CO)c(C)c1. The number of hydrogen-bond acceptors (Lipinski definition) is 4. The Morgan fingerprint density at radius 3 is 2.72 bits per heavy atom. The number of aliphatic hydroxyl groups excluding tert-OH is 2. The normalized spacial score (nSPS) is 12.0. The number of aliphatic hydroxyl groups is 2. The second-order valence-electron chi connectivity index (χ2n) is 4.11. The zero-order valence-corrected chi connectivity index (χ0v) is 10.7.